The normalized spacial score (nSPS) is 25.3. The Morgan fingerprint density at radius 3 is 1.94 bits per heavy atom. The second-order valence-electron chi connectivity index (χ2n) is 6.78. The molecule has 1 aliphatic heterocycles. The fourth-order valence-electron chi connectivity index (χ4n) is 3.07. The van der Waals surface area contributed by atoms with Gasteiger partial charge in [0.25, 0.3) is 0 Å². The Labute approximate surface area is 184 Å². The van der Waals surface area contributed by atoms with Gasteiger partial charge in [-0.1, -0.05) is 6.07 Å². The molecule has 0 unspecified atom stereocenters. The molecule has 32 heavy (non-hydrogen) atoms. The van der Waals surface area contributed by atoms with Crippen LogP contribution in [0.5, 0.6) is 0 Å². The largest absolute Gasteiger partial charge is 0.463 e. The number of rotatable bonds is 7. The number of sulfone groups is 1. The maximum absolute atomic E-state index is 13.3. The highest BCUT2D eigenvalue weighted by atomic mass is 32.2. The monoisotopic (exact) mass is 473 g/mol. The van der Waals surface area contributed by atoms with Gasteiger partial charge in [-0.15, -0.1) is 0 Å². The molecule has 0 spiro atoms. The Morgan fingerprint density at radius 1 is 0.875 bits per heavy atom. The smallest absolute Gasteiger partial charge is 0.303 e. The molecular weight excluding hydrogens is 450 g/mol. The summed E-state index contributed by atoms with van der Waals surface area (Å²) in [6, 6.07) is 4.11. The van der Waals surface area contributed by atoms with Crippen LogP contribution in [0, 0.1) is 0 Å². The van der Waals surface area contributed by atoms with Gasteiger partial charge in [0, 0.05) is 33.9 Å². The van der Waals surface area contributed by atoms with Gasteiger partial charge in [-0.3, -0.25) is 19.2 Å². The quantitative estimate of drug-likeness (QED) is 0.384. The summed E-state index contributed by atoms with van der Waals surface area (Å²) < 4.78 is 52.7. The molecule has 0 aliphatic carbocycles. The zero-order chi connectivity index (χ0) is 24.1. The number of pyridine rings is 1. The Balaban J connectivity index is 2.61. The van der Waals surface area contributed by atoms with Crippen molar-refractivity contribution >= 4 is 33.7 Å². The number of hydrogen-bond donors (Lipinski definition) is 0. The summed E-state index contributed by atoms with van der Waals surface area (Å²) in [7, 11) is -4.43. The average Bonchev–Trinajstić information content (AvgIpc) is 2.69. The predicted molar refractivity (Wildman–Crippen MR) is 103 cm³/mol. The number of esters is 4. The van der Waals surface area contributed by atoms with Crippen molar-refractivity contribution in [2.24, 2.45) is 0 Å². The third-order valence-corrected chi connectivity index (χ3v) is 6.00. The van der Waals surface area contributed by atoms with Crippen molar-refractivity contribution in [2.75, 3.05) is 6.61 Å². The van der Waals surface area contributed by atoms with Crippen LogP contribution < -0.4 is 0 Å². The topological polar surface area (TPSA) is 161 Å². The summed E-state index contributed by atoms with van der Waals surface area (Å²) in [6.45, 7) is 3.68. The lowest BCUT2D eigenvalue weighted by Crippen LogP contribution is -2.64. The fraction of sp³-hybridized carbons (Fsp3) is 0.526. The molecule has 1 aliphatic rings. The van der Waals surface area contributed by atoms with E-state index in [4.69, 9.17) is 23.7 Å². The van der Waals surface area contributed by atoms with Gasteiger partial charge in [0.15, 0.2) is 23.3 Å². The minimum Gasteiger partial charge on any atom is -0.463 e. The summed E-state index contributed by atoms with van der Waals surface area (Å²) in [5.74, 6) is -3.31. The van der Waals surface area contributed by atoms with Crippen molar-refractivity contribution in [1.82, 2.24) is 4.98 Å². The van der Waals surface area contributed by atoms with Gasteiger partial charge in [-0.25, -0.2) is 13.4 Å². The third kappa shape index (κ3) is 6.23. The second-order valence-corrected chi connectivity index (χ2v) is 8.75. The Kier molecular flexibility index (Phi) is 8.27. The number of carbonyl (C=O) groups is 4. The van der Waals surface area contributed by atoms with Crippen molar-refractivity contribution in [3.8, 4) is 0 Å². The third-order valence-electron chi connectivity index (χ3n) is 4.18. The molecule has 12 nitrogen and oxygen atoms in total. The lowest BCUT2D eigenvalue weighted by atomic mass is 9.99. The van der Waals surface area contributed by atoms with Crippen LogP contribution in [0.15, 0.2) is 29.4 Å². The molecule has 1 saturated heterocycles. The summed E-state index contributed by atoms with van der Waals surface area (Å²) >= 11 is 0. The number of hydrogen-bond acceptors (Lipinski definition) is 12. The van der Waals surface area contributed by atoms with Crippen LogP contribution in [0.4, 0.5) is 0 Å². The number of nitrogens with zero attached hydrogens (tertiary/aromatic N) is 1. The molecule has 5 atom stereocenters. The lowest BCUT2D eigenvalue weighted by Gasteiger charge is -2.43. The Hall–Kier alpha value is -3.06. The summed E-state index contributed by atoms with van der Waals surface area (Å²) in [4.78, 5) is 50.4. The van der Waals surface area contributed by atoms with E-state index in [0.717, 1.165) is 27.7 Å². The highest BCUT2D eigenvalue weighted by Crippen LogP contribution is 2.33. The maximum Gasteiger partial charge on any atom is 0.303 e. The van der Waals surface area contributed by atoms with Crippen LogP contribution in [-0.4, -0.2) is 73.7 Å². The van der Waals surface area contributed by atoms with Crippen molar-refractivity contribution in [3.05, 3.63) is 24.4 Å². The van der Waals surface area contributed by atoms with E-state index in [1.165, 1.54) is 24.4 Å². The minimum absolute atomic E-state index is 0.402. The lowest BCUT2D eigenvalue weighted by molar-refractivity contribution is -0.238. The van der Waals surface area contributed by atoms with E-state index in [1.807, 2.05) is 0 Å². The molecule has 0 radical (unpaired) electrons. The van der Waals surface area contributed by atoms with E-state index < -0.39 is 75.2 Å². The zero-order valence-electron chi connectivity index (χ0n) is 17.7. The van der Waals surface area contributed by atoms with E-state index in [1.54, 1.807) is 0 Å². The number of carbonyl (C=O) groups excluding carboxylic acids is 4. The van der Waals surface area contributed by atoms with Crippen LogP contribution in [0.3, 0.4) is 0 Å². The molecule has 1 aromatic rings. The molecule has 2 heterocycles. The SMILES string of the molecule is CC(=O)OC[C@H]1O[C@H](S(=O)(=O)c2ccccn2)[C@@H](OC(C)=O)[C@@H](OC(C)=O)[C@@H]1OC(C)=O. The van der Waals surface area contributed by atoms with Crippen LogP contribution in [0.2, 0.25) is 0 Å². The average molecular weight is 473 g/mol. The molecule has 0 amide bonds. The van der Waals surface area contributed by atoms with E-state index in [9.17, 15) is 27.6 Å². The van der Waals surface area contributed by atoms with Crippen LogP contribution in [0.1, 0.15) is 27.7 Å². The molecule has 2 rings (SSSR count). The first-order chi connectivity index (χ1) is 14.9. The molecule has 13 heteroatoms. The van der Waals surface area contributed by atoms with Crippen LogP contribution in [0.25, 0.3) is 0 Å². The first kappa shape index (κ1) is 25.2. The van der Waals surface area contributed by atoms with Gasteiger partial charge < -0.3 is 23.7 Å². The first-order valence-corrected chi connectivity index (χ1v) is 10.9. The van der Waals surface area contributed by atoms with Gasteiger partial charge in [0.1, 0.15) is 12.7 Å². The van der Waals surface area contributed by atoms with Crippen molar-refractivity contribution < 1.29 is 51.3 Å². The standard InChI is InChI=1S/C19H23NO11S/c1-10(21)27-9-14-16(28-11(2)22)17(29-12(3)23)18(30-13(4)24)19(31-14)32(25,26)15-7-5-6-8-20-15/h5-8,14,16-19H,9H2,1-4H3/t14-,16-,17+,18+,19-/m1/s1. The van der Waals surface area contributed by atoms with E-state index in [2.05, 4.69) is 4.98 Å². The molecule has 0 saturated carbocycles. The molecule has 1 fully saturated rings. The van der Waals surface area contributed by atoms with Gasteiger partial charge in [0.2, 0.25) is 15.3 Å². The van der Waals surface area contributed by atoms with Gasteiger partial charge in [-0.2, -0.15) is 0 Å². The van der Waals surface area contributed by atoms with Crippen molar-refractivity contribution in [2.45, 2.75) is 62.6 Å². The number of ether oxygens (including phenoxy) is 5. The van der Waals surface area contributed by atoms with E-state index >= 15 is 0 Å². The number of aromatic nitrogens is 1. The van der Waals surface area contributed by atoms with Gasteiger partial charge >= 0.3 is 23.9 Å². The summed E-state index contributed by atoms with van der Waals surface area (Å²) in [6.07, 6.45) is -4.89. The Bertz CT molecular complexity index is 963. The summed E-state index contributed by atoms with van der Waals surface area (Å²) in [5.41, 5.74) is -1.92. The molecule has 176 valence electrons. The fourth-order valence-corrected chi connectivity index (χ4v) is 4.64. The summed E-state index contributed by atoms with van der Waals surface area (Å²) in [5, 5.41) is -0.402. The van der Waals surface area contributed by atoms with E-state index in [-0.39, 0.29) is 0 Å². The molecule has 0 N–H and O–H groups in total. The van der Waals surface area contributed by atoms with Crippen LogP contribution >= 0.6 is 0 Å². The second kappa shape index (κ2) is 10.5. The molecule has 1 aromatic heterocycles. The highest BCUT2D eigenvalue weighted by Gasteiger charge is 2.56. The molecular formula is C19H23NO11S. The maximum atomic E-state index is 13.3. The highest BCUT2D eigenvalue weighted by molar-refractivity contribution is 7.91. The van der Waals surface area contributed by atoms with Crippen molar-refractivity contribution in [3.63, 3.8) is 0 Å². The van der Waals surface area contributed by atoms with Gasteiger partial charge in [-0.05, 0) is 12.1 Å². The minimum atomic E-state index is -4.43. The zero-order valence-corrected chi connectivity index (χ0v) is 18.6. The Morgan fingerprint density at radius 2 is 1.44 bits per heavy atom. The molecule has 0 aromatic carbocycles. The van der Waals surface area contributed by atoms with Gasteiger partial charge in [0.05, 0.1) is 0 Å². The van der Waals surface area contributed by atoms with E-state index in [0.29, 0.717) is 0 Å². The van der Waals surface area contributed by atoms with Crippen LogP contribution in [-0.2, 0) is 52.7 Å². The predicted octanol–water partition coefficient (Wildman–Crippen LogP) is -0.0616. The first-order valence-electron chi connectivity index (χ1n) is 9.39. The van der Waals surface area contributed by atoms with Crippen molar-refractivity contribution in [1.29, 1.82) is 0 Å². The molecule has 0 bridgehead atoms.